The van der Waals surface area contributed by atoms with Gasteiger partial charge in [-0.25, -0.2) is 4.98 Å². The summed E-state index contributed by atoms with van der Waals surface area (Å²) in [6.45, 7) is 5.30. The Hall–Kier alpha value is -1.88. The number of nitrogens with two attached hydrogens (primary N) is 1. The van der Waals surface area contributed by atoms with Crippen LogP contribution in [0.1, 0.15) is 29.6 Å². The summed E-state index contributed by atoms with van der Waals surface area (Å²) in [4.78, 5) is 18.8. The molecule has 1 fully saturated rings. The number of likely N-dealkylation sites (tertiary alicyclic amines) is 1. The van der Waals surface area contributed by atoms with E-state index in [1.54, 1.807) is 6.07 Å². The van der Waals surface area contributed by atoms with E-state index >= 15 is 0 Å². The average molecular weight is 273 g/mol. The molecule has 2 atom stereocenters. The van der Waals surface area contributed by atoms with Gasteiger partial charge in [0.2, 0.25) is 0 Å². The summed E-state index contributed by atoms with van der Waals surface area (Å²) in [6.07, 6.45) is 0.958. The smallest absolute Gasteiger partial charge is 0.289 e. The number of carbonyl (C=O) groups is 1. The Labute approximate surface area is 117 Å². The Bertz CT molecular complexity index is 650. The van der Waals surface area contributed by atoms with Gasteiger partial charge in [-0.1, -0.05) is 0 Å². The van der Waals surface area contributed by atoms with Crippen molar-refractivity contribution in [2.45, 2.75) is 26.3 Å². The highest BCUT2D eigenvalue weighted by atomic mass is 16.3. The van der Waals surface area contributed by atoms with Gasteiger partial charge in [-0.15, -0.1) is 0 Å². The Morgan fingerprint density at radius 2 is 2.35 bits per heavy atom. The molecule has 1 saturated heterocycles. The van der Waals surface area contributed by atoms with Crippen molar-refractivity contribution in [3.63, 3.8) is 0 Å². The first kappa shape index (κ1) is 13.1. The van der Waals surface area contributed by atoms with Crippen molar-refractivity contribution in [1.82, 2.24) is 9.88 Å². The van der Waals surface area contributed by atoms with Crippen LogP contribution in [0.2, 0.25) is 0 Å². The van der Waals surface area contributed by atoms with E-state index in [-0.39, 0.29) is 11.9 Å². The molecule has 2 aromatic heterocycles. The van der Waals surface area contributed by atoms with Crippen LogP contribution in [-0.2, 0) is 0 Å². The Kier molecular flexibility index (Phi) is 3.22. The number of nitrogens with zero attached hydrogens (tertiary/aromatic N) is 2. The predicted octanol–water partition coefficient (Wildman–Crippen LogP) is 1.95. The first-order chi connectivity index (χ1) is 9.58. The van der Waals surface area contributed by atoms with Crippen molar-refractivity contribution >= 4 is 17.0 Å². The molecule has 1 aliphatic heterocycles. The van der Waals surface area contributed by atoms with Crippen LogP contribution in [0.4, 0.5) is 0 Å². The van der Waals surface area contributed by atoms with E-state index < -0.39 is 0 Å². The van der Waals surface area contributed by atoms with Crippen molar-refractivity contribution in [3.05, 3.63) is 29.7 Å². The fourth-order valence-corrected chi connectivity index (χ4v) is 2.87. The maximum absolute atomic E-state index is 12.5. The number of furan rings is 1. The molecule has 1 amide bonds. The minimum absolute atomic E-state index is 0.0656. The lowest BCUT2D eigenvalue weighted by Gasteiger charge is -2.19. The van der Waals surface area contributed by atoms with Crippen LogP contribution in [0.3, 0.4) is 0 Å². The molecule has 5 nitrogen and oxygen atoms in total. The second-order valence-corrected chi connectivity index (χ2v) is 5.59. The largest absolute Gasteiger partial charge is 0.449 e. The topological polar surface area (TPSA) is 72.4 Å². The Morgan fingerprint density at radius 1 is 1.55 bits per heavy atom. The Balaban J connectivity index is 1.89. The van der Waals surface area contributed by atoms with E-state index in [4.69, 9.17) is 10.2 Å². The van der Waals surface area contributed by atoms with E-state index in [1.165, 1.54) is 0 Å². The van der Waals surface area contributed by atoms with Gasteiger partial charge in [0.05, 0.1) is 0 Å². The van der Waals surface area contributed by atoms with Crippen LogP contribution in [0.25, 0.3) is 11.1 Å². The number of aryl methyl sites for hydroxylation is 1. The Morgan fingerprint density at radius 3 is 3.05 bits per heavy atom. The second kappa shape index (κ2) is 4.90. The van der Waals surface area contributed by atoms with Crippen LogP contribution in [0.5, 0.6) is 0 Å². The molecule has 3 rings (SSSR count). The zero-order valence-electron chi connectivity index (χ0n) is 11.8. The van der Waals surface area contributed by atoms with E-state index in [2.05, 4.69) is 11.9 Å². The van der Waals surface area contributed by atoms with Gasteiger partial charge in [-0.3, -0.25) is 4.79 Å². The normalized spacial score (nSPS) is 22.6. The van der Waals surface area contributed by atoms with Crippen molar-refractivity contribution in [1.29, 1.82) is 0 Å². The number of pyridine rings is 1. The molecule has 1 aliphatic rings. The molecule has 5 heteroatoms. The molecule has 2 aromatic rings. The van der Waals surface area contributed by atoms with Crippen molar-refractivity contribution in [3.8, 4) is 0 Å². The maximum Gasteiger partial charge on any atom is 0.289 e. The standard InChI is InChI=1S/C15H19N3O2/c1-9-3-4-13-12(17-9)6-14(20-13)15(19)18-8-11(7-16)5-10(18)2/h3-4,6,10-11H,5,7-8,16H2,1-2H3. The van der Waals surface area contributed by atoms with E-state index in [0.29, 0.717) is 30.4 Å². The summed E-state index contributed by atoms with van der Waals surface area (Å²) in [5, 5.41) is 0. The van der Waals surface area contributed by atoms with E-state index in [0.717, 1.165) is 17.6 Å². The van der Waals surface area contributed by atoms with Crippen molar-refractivity contribution < 1.29 is 9.21 Å². The molecular formula is C15H19N3O2. The molecule has 0 bridgehead atoms. The third-order valence-electron chi connectivity index (χ3n) is 3.98. The molecule has 20 heavy (non-hydrogen) atoms. The number of hydrogen-bond donors (Lipinski definition) is 1. The maximum atomic E-state index is 12.5. The van der Waals surface area contributed by atoms with Crippen LogP contribution < -0.4 is 5.73 Å². The summed E-state index contributed by atoms with van der Waals surface area (Å²) >= 11 is 0. The number of carbonyl (C=O) groups excluding carboxylic acids is 1. The van der Waals surface area contributed by atoms with Crippen molar-refractivity contribution in [2.24, 2.45) is 11.7 Å². The fourth-order valence-electron chi connectivity index (χ4n) is 2.87. The van der Waals surface area contributed by atoms with Gasteiger partial charge in [-0.05, 0) is 44.9 Å². The highest BCUT2D eigenvalue weighted by Crippen LogP contribution is 2.26. The van der Waals surface area contributed by atoms with E-state index in [9.17, 15) is 4.79 Å². The SMILES string of the molecule is Cc1ccc2oc(C(=O)N3CC(CN)CC3C)cc2n1. The van der Waals surface area contributed by atoms with Gasteiger partial charge in [0, 0.05) is 24.3 Å². The van der Waals surface area contributed by atoms with Gasteiger partial charge in [-0.2, -0.15) is 0 Å². The van der Waals surface area contributed by atoms with Gasteiger partial charge < -0.3 is 15.1 Å². The molecular weight excluding hydrogens is 254 g/mol. The van der Waals surface area contributed by atoms with Crippen LogP contribution in [0.15, 0.2) is 22.6 Å². The second-order valence-electron chi connectivity index (χ2n) is 5.59. The summed E-state index contributed by atoms with van der Waals surface area (Å²) < 4.78 is 5.63. The fraction of sp³-hybridized carbons (Fsp3) is 0.467. The molecule has 0 aromatic carbocycles. The first-order valence-corrected chi connectivity index (χ1v) is 6.96. The monoisotopic (exact) mass is 273 g/mol. The lowest BCUT2D eigenvalue weighted by atomic mass is 10.1. The highest BCUT2D eigenvalue weighted by Gasteiger charge is 2.33. The number of fused-ring (bicyclic) bond motifs is 1. The molecule has 0 spiro atoms. The summed E-state index contributed by atoms with van der Waals surface area (Å²) in [5.74, 6) is 0.686. The third-order valence-corrected chi connectivity index (χ3v) is 3.98. The molecule has 2 unspecified atom stereocenters. The molecule has 0 aliphatic carbocycles. The number of hydrogen-bond acceptors (Lipinski definition) is 4. The molecule has 0 saturated carbocycles. The number of aromatic nitrogens is 1. The first-order valence-electron chi connectivity index (χ1n) is 6.96. The van der Waals surface area contributed by atoms with Gasteiger partial charge in [0.15, 0.2) is 11.3 Å². The minimum Gasteiger partial charge on any atom is -0.449 e. The minimum atomic E-state index is -0.0656. The quantitative estimate of drug-likeness (QED) is 0.907. The zero-order valence-corrected chi connectivity index (χ0v) is 11.8. The molecule has 2 N–H and O–H groups in total. The van der Waals surface area contributed by atoms with Crippen molar-refractivity contribution in [2.75, 3.05) is 13.1 Å². The lowest BCUT2D eigenvalue weighted by Crippen LogP contribution is -2.34. The highest BCUT2D eigenvalue weighted by molar-refractivity contribution is 5.95. The zero-order chi connectivity index (χ0) is 14.3. The van der Waals surface area contributed by atoms with Crippen LogP contribution in [0, 0.1) is 12.8 Å². The molecule has 106 valence electrons. The van der Waals surface area contributed by atoms with Crippen LogP contribution in [-0.4, -0.2) is 34.9 Å². The lowest BCUT2D eigenvalue weighted by molar-refractivity contribution is 0.0713. The molecule has 3 heterocycles. The molecule has 0 radical (unpaired) electrons. The number of rotatable bonds is 2. The summed E-state index contributed by atoms with van der Waals surface area (Å²) in [5.41, 5.74) is 8.00. The van der Waals surface area contributed by atoms with Gasteiger partial charge in [0.1, 0.15) is 5.52 Å². The summed E-state index contributed by atoms with van der Waals surface area (Å²) in [6, 6.07) is 5.67. The number of amides is 1. The average Bonchev–Trinajstić information content (AvgIpc) is 3.00. The van der Waals surface area contributed by atoms with Gasteiger partial charge >= 0.3 is 0 Å². The third kappa shape index (κ3) is 2.18. The van der Waals surface area contributed by atoms with Crippen LogP contribution >= 0.6 is 0 Å². The van der Waals surface area contributed by atoms with Gasteiger partial charge in [0.25, 0.3) is 5.91 Å². The summed E-state index contributed by atoms with van der Waals surface area (Å²) in [7, 11) is 0. The van der Waals surface area contributed by atoms with E-state index in [1.807, 2.05) is 24.0 Å². The predicted molar refractivity (Wildman–Crippen MR) is 76.4 cm³/mol.